The number of nitrogens with one attached hydrogen (secondary N) is 2. The lowest BCUT2D eigenvalue weighted by Gasteiger charge is -2.39. The van der Waals surface area contributed by atoms with Crippen molar-refractivity contribution in [3.63, 3.8) is 0 Å². The summed E-state index contributed by atoms with van der Waals surface area (Å²) in [6.07, 6.45) is 3.40. The molecule has 23 heavy (non-hydrogen) atoms. The summed E-state index contributed by atoms with van der Waals surface area (Å²) in [5.74, 6) is 0.199. The van der Waals surface area contributed by atoms with Gasteiger partial charge in [0.25, 0.3) is 0 Å². The molecule has 1 rings (SSSR count). The fourth-order valence-corrected chi connectivity index (χ4v) is 2.65. The Balaban J connectivity index is 2.78. The Kier molecular flexibility index (Phi) is 6.66. The maximum Gasteiger partial charge on any atom is 0.408 e. The molecular formula is C17H29N3O3. The molecule has 0 bridgehead atoms. The second kappa shape index (κ2) is 8.04. The molecule has 1 atom stereocenters. The van der Waals surface area contributed by atoms with E-state index in [9.17, 15) is 14.7 Å². The van der Waals surface area contributed by atoms with Gasteiger partial charge in [0.15, 0.2) is 5.78 Å². The molecule has 1 aromatic rings. The van der Waals surface area contributed by atoms with Gasteiger partial charge in [-0.2, -0.15) is 0 Å². The molecule has 0 aliphatic heterocycles. The van der Waals surface area contributed by atoms with Gasteiger partial charge in [0.05, 0.1) is 11.7 Å². The van der Waals surface area contributed by atoms with Gasteiger partial charge in [-0.15, -0.1) is 0 Å². The van der Waals surface area contributed by atoms with Crippen LogP contribution < -0.4 is 5.32 Å². The van der Waals surface area contributed by atoms with Crippen LogP contribution in [0.4, 0.5) is 10.5 Å². The summed E-state index contributed by atoms with van der Waals surface area (Å²) in [6, 6.07) is 1.27. The SMILES string of the molecule is CC(C)C[C@@H](C(=O)CCNc1cc[nH]c1)N(C(=O)O)C(C)(C)C. The van der Waals surface area contributed by atoms with Crippen LogP contribution >= 0.6 is 0 Å². The minimum atomic E-state index is -1.05. The number of hydrogen-bond acceptors (Lipinski definition) is 3. The fourth-order valence-electron chi connectivity index (χ4n) is 2.65. The van der Waals surface area contributed by atoms with Crippen molar-refractivity contribution in [2.75, 3.05) is 11.9 Å². The second-order valence-electron chi connectivity index (χ2n) is 7.21. The largest absolute Gasteiger partial charge is 0.465 e. The number of amides is 1. The number of carbonyl (C=O) groups excluding carboxylic acids is 1. The van der Waals surface area contributed by atoms with Gasteiger partial charge >= 0.3 is 6.09 Å². The summed E-state index contributed by atoms with van der Waals surface area (Å²) < 4.78 is 0. The lowest BCUT2D eigenvalue weighted by atomic mass is 9.93. The third kappa shape index (κ3) is 5.96. The van der Waals surface area contributed by atoms with Gasteiger partial charge in [-0.05, 0) is 39.2 Å². The Hall–Kier alpha value is -1.98. The number of ketones is 1. The monoisotopic (exact) mass is 323 g/mol. The van der Waals surface area contributed by atoms with E-state index in [1.807, 2.05) is 46.9 Å². The highest BCUT2D eigenvalue weighted by molar-refractivity contribution is 5.87. The summed E-state index contributed by atoms with van der Waals surface area (Å²) in [5.41, 5.74) is 0.305. The molecule has 0 spiro atoms. The van der Waals surface area contributed by atoms with Crippen molar-refractivity contribution in [2.24, 2.45) is 5.92 Å². The first-order valence-electron chi connectivity index (χ1n) is 8.04. The Morgan fingerprint density at radius 3 is 2.43 bits per heavy atom. The molecular weight excluding hydrogens is 294 g/mol. The van der Waals surface area contributed by atoms with Crippen LogP contribution in [0.25, 0.3) is 0 Å². The summed E-state index contributed by atoms with van der Waals surface area (Å²) in [6.45, 7) is 9.95. The molecule has 6 nitrogen and oxygen atoms in total. The van der Waals surface area contributed by atoms with Gasteiger partial charge < -0.3 is 15.4 Å². The molecule has 0 fully saturated rings. The van der Waals surface area contributed by atoms with Crippen LogP contribution in [-0.4, -0.2) is 45.0 Å². The van der Waals surface area contributed by atoms with E-state index in [0.29, 0.717) is 19.4 Å². The third-order valence-corrected chi connectivity index (χ3v) is 3.61. The van der Waals surface area contributed by atoms with Crippen LogP contribution in [0.1, 0.15) is 47.5 Å². The first-order chi connectivity index (χ1) is 10.6. The van der Waals surface area contributed by atoms with Crippen LogP contribution in [0, 0.1) is 5.92 Å². The highest BCUT2D eigenvalue weighted by atomic mass is 16.4. The Bertz CT molecular complexity index is 504. The average Bonchev–Trinajstić information content (AvgIpc) is 2.88. The van der Waals surface area contributed by atoms with E-state index in [1.54, 1.807) is 6.20 Å². The van der Waals surface area contributed by atoms with Crippen LogP contribution in [0.3, 0.4) is 0 Å². The number of anilines is 1. The van der Waals surface area contributed by atoms with Gasteiger partial charge in [0, 0.05) is 30.9 Å². The average molecular weight is 323 g/mol. The quantitative estimate of drug-likeness (QED) is 0.682. The van der Waals surface area contributed by atoms with Gasteiger partial charge in [-0.3, -0.25) is 9.69 Å². The predicted molar refractivity (Wildman–Crippen MR) is 91.8 cm³/mol. The number of aromatic amines is 1. The van der Waals surface area contributed by atoms with Crippen molar-refractivity contribution < 1.29 is 14.7 Å². The van der Waals surface area contributed by atoms with Crippen LogP contribution in [0.5, 0.6) is 0 Å². The minimum absolute atomic E-state index is 0.0425. The molecule has 0 unspecified atom stereocenters. The van der Waals surface area contributed by atoms with Crippen molar-refractivity contribution >= 4 is 17.6 Å². The molecule has 0 aromatic carbocycles. The van der Waals surface area contributed by atoms with Crippen LogP contribution in [0.2, 0.25) is 0 Å². The number of rotatable bonds is 8. The first-order valence-corrected chi connectivity index (χ1v) is 8.04. The zero-order valence-corrected chi connectivity index (χ0v) is 14.7. The zero-order valence-electron chi connectivity index (χ0n) is 14.7. The van der Waals surface area contributed by atoms with Crippen molar-refractivity contribution in [2.45, 2.75) is 59.0 Å². The molecule has 0 radical (unpaired) electrons. The molecule has 0 aliphatic carbocycles. The number of carbonyl (C=O) groups is 2. The number of Topliss-reactive ketones (excluding diaryl/α,β-unsaturated/α-hetero) is 1. The van der Waals surface area contributed by atoms with E-state index in [-0.39, 0.29) is 11.7 Å². The van der Waals surface area contributed by atoms with E-state index in [0.717, 1.165) is 5.69 Å². The Morgan fingerprint density at radius 1 is 1.35 bits per heavy atom. The van der Waals surface area contributed by atoms with Crippen molar-refractivity contribution in [1.82, 2.24) is 9.88 Å². The predicted octanol–water partition coefficient (Wildman–Crippen LogP) is 3.58. The number of aromatic nitrogens is 1. The van der Waals surface area contributed by atoms with E-state index in [4.69, 9.17) is 0 Å². The number of H-pyrrole nitrogens is 1. The topological polar surface area (TPSA) is 85.4 Å². The standard InChI is InChI=1S/C17H29N3O3/c1-12(2)10-14(20(16(22)23)17(3,4)5)15(21)7-9-19-13-6-8-18-11-13/h6,8,11-12,14,18-19H,7,9-10H2,1-5H3,(H,22,23)/t14-/m0/s1. The van der Waals surface area contributed by atoms with Crippen molar-refractivity contribution in [3.05, 3.63) is 18.5 Å². The molecule has 0 saturated heterocycles. The van der Waals surface area contributed by atoms with Gasteiger partial charge in [0.1, 0.15) is 0 Å². The lowest BCUT2D eigenvalue weighted by molar-refractivity contribution is -0.125. The van der Waals surface area contributed by atoms with Gasteiger partial charge in [-0.1, -0.05) is 13.8 Å². The summed E-state index contributed by atoms with van der Waals surface area (Å²) >= 11 is 0. The first kappa shape index (κ1) is 19.1. The number of hydrogen-bond donors (Lipinski definition) is 3. The molecule has 0 saturated carbocycles. The van der Waals surface area contributed by atoms with Crippen molar-refractivity contribution in [3.8, 4) is 0 Å². The van der Waals surface area contributed by atoms with Crippen LogP contribution in [-0.2, 0) is 4.79 Å². The lowest BCUT2D eigenvalue weighted by Crippen LogP contribution is -2.54. The maximum atomic E-state index is 12.6. The van der Waals surface area contributed by atoms with Crippen LogP contribution in [0.15, 0.2) is 18.5 Å². The second-order valence-corrected chi connectivity index (χ2v) is 7.21. The minimum Gasteiger partial charge on any atom is -0.465 e. The van der Waals surface area contributed by atoms with Crippen molar-refractivity contribution in [1.29, 1.82) is 0 Å². The smallest absolute Gasteiger partial charge is 0.408 e. The normalized spacial score (nSPS) is 13.0. The molecule has 1 heterocycles. The number of carboxylic acid groups (broad SMARTS) is 1. The summed E-state index contributed by atoms with van der Waals surface area (Å²) in [7, 11) is 0. The Labute approximate surface area is 138 Å². The Morgan fingerprint density at radius 2 is 2.00 bits per heavy atom. The summed E-state index contributed by atoms with van der Waals surface area (Å²) in [5, 5.41) is 12.7. The molecule has 0 aliphatic rings. The highest BCUT2D eigenvalue weighted by Crippen LogP contribution is 2.23. The van der Waals surface area contributed by atoms with E-state index in [1.165, 1.54) is 4.90 Å². The molecule has 6 heteroatoms. The molecule has 1 amide bonds. The van der Waals surface area contributed by atoms with E-state index < -0.39 is 17.7 Å². The van der Waals surface area contributed by atoms with E-state index in [2.05, 4.69) is 10.3 Å². The summed E-state index contributed by atoms with van der Waals surface area (Å²) in [4.78, 5) is 28.6. The molecule has 3 N–H and O–H groups in total. The zero-order chi connectivity index (χ0) is 17.6. The fraction of sp³-hybridized carbons (Fsp3) is 0.647. The van der Waals surface area contributed by atoms with Gasteiger partial charge in [0.2, 0.25) is 0 Å². The number of nitrogens with zero attached hydrogens (tertiary/aromatic N) is 1. The maximum absolute atomic E-state index is 12.6. The molecule has 1 aromatic heterocycles. The van der Waals surface area contributed by atoms with Gasteiger partial charge in [-0.25, -0.2) is 4.79 Å². The molecule has 130 valence electrons. The van der Waals surface area contributed by atoms with E-state index >= 15 is 0 Å². The third-order valence-electron chi connectivity index (χ3n) is 3.61. The highest BCUT2D eigenvalue weighted by Gasteiger charge is 2.37.